The normalized spacial score (nSPS) is 10.5. The van der Waals surface area contributed by atoms with Crippen molar-refractivity contribution in [1.82, 2.24) is 9.78 Å². The van der Waals surface area contributed by atoms with Crippen LogP contribution in [-0.4, -0.2) is 15.6 Å². The van der Waals surface area contributed by atoms with Crippen LogP contribution in [0, 0.1) is 0 Å². The van der Waals surface area contributed by atoms with Crippen molar-refractivity contribution in [2.45, 2.75) is 0 Å². The van der Waals surface area contributed by atoms with Gasteiger partial charge in [-0.1, -0.05) is 34.1 Å². The molecule has 0 aliphatic rings. The molecule has 0 atom stereocenters. The molecule has 0 aliphatic carbocycles. The van der Waals surface area contributed by atoms with E-state index >= 15 is 0 Å². The lowest BCUT2D eigenvalue weighted by Crippen LogP contribution is -2.11. The molecule has 0 amide bonds. The fourth-order valence-corrected chi connectivity index (χ4v) is 2.47. The molecule has 5 heteroatoms. The largest absolute Gasteiger partial charge is 0.398 e. The van der Waals surface area contributed by atoms with Gasteiger partial charge >= 0.3 is 0 Å². The van der Waals surface area contributed by atoms with Crippen LogP contribution in [-0.2, 0) is 0 Å². The molecule has 2 N–H and O–H groups in total. The summed E-state index contributed by atoms with van der Waals surface area (Å²) in [6.45, 7) is 0. The van der Waals surface area contributed by atoms with Gasteiger partial charge in [0, 0.05) is 15.7 Å². The van der Waals surface area contributed by atoms with Crippen LogP contribution in [0.2, 0.25) is 0 Å². The zero-order valence-corrected chi connectivity index (χ0v) is 12.6. The van der Waals surface area contributed by atoms with E-state index in [1.54, 1.807) is 35.1 Å². The first-order valence-corrected chi connectivity index (χ1v) is 7.15. The van der Waals surface area contributed by atoms with Gasteiger partial charge in [-0.2, -0.15) is 5.10 Å². The van der Waals surface area contributed by atoms with E-state index in [9.17, 15) is 4.79 Å². The zero-order valence-electron chi connectivity index (χ0n) is 11.0. The summed E-state index contributed by atoms with van der Waals surface area (Å²) in [5.41, 5.74) is 8.13. The Labute approximate surface area is 130 Å². The number of ketones is 1. The summed E-state index contributed by atoms with van der Waals surface area (Å²) in [5, 5.41) is 4.23. The van der Waals surface area contributed by atoms with Gasteiger partial charge < -0.3 is 5.73 Å². The van der Waals surface area contributed by atoms with Crippen molar-refractivity contribution >= 4 is 27.4 Å². The Morgan fingerprint density at radius 2 is 1.86 bits per heavy atom. The smallest absolute Gasteiger partial charge is 0.213 e. The molecule has 0 bridgehead atoms. The average molecular weight is 342 g/mol. The van der Waals surface area contributed by atoms with Crippen LogP contribution in [0.15, 0.2) is 65.3 Å². The third-order valence-electron chi connectivity index (χ3n) is 3.14. The molecule has 0 unspecified atom stereocenters. The second-order valence-electron chi connectivity index (χ2n) is 4.52. The second kappa shape index (κ2) is 5.54. The fourth-order valence-electron chi connectivity index (χ4n) is 2.11. The Kier molecular flexibility index (Phi) is 3.58. The first kappa shape index (κ1) is 13.6. The van der Waals surface area contributed by atoms with Crippen LogP contribution < -0.4 is 5.73 Å². The van der Waals surface area contributed by atoms with Crippen LogP contribution in [0.25, 0.3) is 5.69 Å². The maximum absolute atomic E-state index is 12.7. The molecule has 0 radical (unpaired) electrons. The van der Waals surface area contributed by atoms with Crippen molar-refractivity contribution in [3.8, 4) is 5.69 Å². The number of carbonyl (C=O) groups is 1. The average Bonchev–Trinajstić information content (AvgIpc) is 2.99. The number of nitrogen functional groups attached to an aromatic ring is 1. The minimum absolute atomic E-state index is 0.157. The Balaban J connectivity index is 2.08. The van der Waals surface area contributed by atoms with Gasteiger partial charge in [-0.05, 0) is 36.4 Å². The Bertz CT molecular complexity index is 796. The number of hydrogen-bond donors (Lipinski definition) is 1. The van der Waals surface area contributed by atoms with E-state index in [4.69, 9.17) is 5.73 Å². The monoisotopic (exact) mass is 341 g/mol. The highest BCUT2D eigenvalue weighted by molar-refractivity contribution is 9.10. The maximum Gasteiger partial charge on any atom is 0.213 e. The number of halogens is 1. The minimum atomic E-state index is -0.157. The van der Waals surface area contributed by atoms with Gasteiger partial charge in [0.25, 0.3) is 0 Å². The predicted molar refractivity (Wildman–Crippen MR) is 85.6 cm³/mol. The van der Waals surface area contributed by atoms with E-state index in [1.165, 1.54) is 0 Å². The third kappa shape index (κ3) is 2.60. The molecule has 0 saturated heterocycles. The van der Waals surface area contributed by atoms with Gasteiger partial charge in [0.05, 0.1) is 11.9 Å². The number of rotatable bonds is 3. The van der Waals surface area contributed by atoms with Gasteiger partial charge in [-0.3, -0.25) is 4.79 Å². The SMILES string of the molecule is Nc1ccc(Br)cc1C(=O)c1ccnn1-c1ccccc1. The lowest BCUT2D eigenvalue weighted by atomic mass is 10.1. The summed E-state index contributed by atoms with van der Waals surface area (Å²) in [7, 11) is 0. The van der Waals surface area contributed by atoms with E-state index in [-0.39, 0.29) is 5.78 Å². The summed E-state index contributed by atoms with van der Waals surface area (Å²) >= 11 is 3.36. The minimum Gasteiger partial charge on any atom is -0.398 e. The quantitative estimate of drug-likeness (QED) is 0.586. The van der Waals surface area contributed by atoms with Gasteiger partial charge in [-0.25, -0.2) is 4.68 Å². The molecule has 104 valence electrons. The standard InChI is InChI=1S/C16H12BrN3O/c17-11-6-7-14(18)13(10-11)16(21)15-8-9-19-20(15)12-4-2-1-3-5-12/h1-10H,18H2. The maximum atomic E-state index is 12.7. The number of anilines is 1. The predicted octanol–water partition coefficient (Wildman–Crippen LogP) is 3.45. The lowest BCUT2D eigenvalue weighted by Gasteiger charge is -2.08. The zero-order chi connectivity index (χ0) is 14.8. The number of aromatic nitrogens is 2. The molecular formula is C16H12BrN3O. The number of nitrogens with zero attached hydrogens (tertiary/aromatic N) is 2. The highest BCUT2D eigenvalue weighted by Crippen LogP contribution is 2.22. The Morgan fingerprint density at radius 1 is 1.10 bits per heavy atom. The fraction of sp³-hybridized carbons (Fsp3) is 0. The topological polar surface area (TPSA) is 60.9 Å². The van der Waals surface area contributed by atoms with E-state index < -0.39 is 0 Å². The number of carbonyl (C=O) groups excluding carboxylic acids is 1. The van der Waals surface area contributed by atoms with Crippen LogP contribution in [0.1, 0.15) is 16.1 Å². The van der Waals surface area contributed by atoms with Gasteiger partial charge in [0.1, 0.15) is 5.69 Å². The molecule has 3 rings (SSSR count). The van der Waals surface area contributed by atoms with Crippen molar-refractivity contribution < 1.29 is 4.79 Å². The van der Waals surface area contributed by atoms with Crippen molar-refractivity contribution in [1.29, 1.82) is 0 Å². The summed E-state index contributed by atoms with van der Waals surface area (Å²) in [5.74, 6) is -0.157. The van der Waals surface area contributed by atoms with Crippen LogP contribution in [0.5, 0.6) is 0 Å². The first-order valence-electron chi connectivity index (χ1n) is 6.36. The van der Waals surface area contributed by atoms with E-state index in [2.05, 4.69) is 21.0 Å². The van der Waals surface area contributed by atoms with E-state index in [1.807, 2.05) is 30.3 Å². The Hall–Kier alpha value is -2.40. The number of benzene rings is 2. The second-order valence-corrected chi connectivity index (χ2v) is 5.44. The van der Waals surface area contributed by atoms with E-state index in [0.717, 1.165) is 10.2 Å². The lowest BCUT2D eigenvalue weighted by molar-refractivity contribution is 0.103. The van der Waals surface area contributed by atoms with Gasteiger partial charge in [0.15, 0.2) is 0 Å². The number of para-hydroxylation sites is 1. The van der Waals surface area contributed by atoms with E-state index in [0.29, 0.717) is 16.9 Å². The molecule has 1 aromatic heterocycles. The molecule has 21 heavy (non-hydrogen) atoms. The summed E-state index contributed by atoms with van der Waals surface area (Å²) in [4.78, 5) is 12.7. The molecule has 0 spiro atoms. The van der Waals surface area contributed by atoms with Crippen molar-refractivity contribution in [2.75, 3.05) is 5.73 Å². The van der Waals surface area contributed by atoms with Crippen molar-refractivity contribution in [3.63, 3.8) is 0 Å². The van der Waals surface area contributed by atoms with Crippen LogP contribution in [0.3, 0.4) is 0 Å². The summed E-state index contributed by atoms with van der Waals surface area (Å²) in [6, 6.07) is 16.4. The molecule has 3 aromatic rings. The molecule has 4 nitrogen and oxygen atoms in total. The van der Waals surface area contributed by atoms with Crippen LogP contribution >= 0.6 is 15.9 Å². The highest BCUT2D eigenvalue weighted by Gasteiger charge is 2.18. The molecular weight excluding hydrogens is 330 g/mol. The first-order chi connectivity index (χ1) is 10.2. The molecule has 0 fully saturated rings. The molecule has 0 aliphatic heterocycles. The third-order valence-corrected chi connectivity index (χ3v) is 3.63. The molecule has 1 heterocycles. The summed E-state index contributed by atoms with van der Waals surface area (Å²) < 4.78 is 2.42. The highest BCUT2D eigenvalue weighted by atomic mass is 79.9. The van der Waals surface area contributed by atoms with Crippen molar-refractivity contribution in [3.05, 3.63) is 76.5 Å². The number of nitrogens with two attached hydrogens (primary N) is 1. The van der Waals surface area contributed by atoms with Gasteiger partial charge in [0.2, 0.25) is 5.78 Å². The van der Waals surface area contributed by atoms with Crippen LogP contribution in [0.4, 0.5) is 5.69 Å². The van der Waals surface area contributed by atoms with Gasteiger partial charge in [-0.15, -0.1) is 0 Å². The molecule has 2 aromatic carbocycles. The number of hydrogen-bond acceptors (Lipinski definition) is 3. The molecule has 0 saturated carbocycles. The Morgan fingerprint density at radius 3 is 2.62 bits per heavy atom. The summed E-state index contributed by atoms with van der Waals surface area (Å²) in [6.07, 6.45) is 1.61. The van der Waals surface area contributed by atoms with Crippen molar-refractivity contribution in [2.24, 2.45) is 0 Å².